The number of hydrogen-bond acceptors (Lipinski definition) is 4. The highest BCUT2D eigenvalue weighted by molar-refractivity contribution is 5.88. The summed E-state index contributed by atoms with van der Waals surface area (Å²) in [5, 5.41) is 2.20. The van der Waals surface area contributed by atoms with E-state index in [4.69, 9.17) is 4.74 Å². The summed E-state index contributed by atoms with van der Waals surface area (Å²) in [5.41, 5.74) is 4.09. The van der Waals surface area contributed by atoms with Crippen LogP contribution in [0.15, 0.2) is 54.6 Å². The number of nitrogens with zero attached hydrogens (tertiary/aromatic N) is 2. The van der Waals surface area contributed by atoms with Crippen LogP contribution in [0.5, 0.6) is 5.75 Å². The highest BCUT2D eigenvalue weighted by Gasteiger charge is 2.23. The standard InChI is InChI=1S/C26H28N2O3/c1-19-16-21(18-29)17-20(2)26(19)28-13-11-27(12-14-28)25(30)10-15-31-24-9-5-7-22-6-3-4-8-23(22)24/h3-9,16-18H,10-15H2,1-2H3. The fourth-order valence-electron chi connectivity index (χ4n) is 4.46. The zero-order chi connectivity index (χ0) is 21.8. The highest BCUT2D eigenvalue weighted by Crippen LogP contribution is 2.28. The maximum atomic E-state index is 12.7. The lowest BCUT2D eigenvalue weighted by atomic mass is 10.0. The predicted molar refractivity (Wildman–Crippen MR) is 124 cm³/mol. The summed E-state index contributed by atoms with van der Waals surface area (Å²) in [5.74, 6) is 0.949. The van der Waals surface area contributed by atoms with Crippen LogP contribution in [-0.4, -0.2) is 49.9 Å². The quantitative estimate of drug-likeness (QED) is 0.560. The van der Waals surface area contributed by atoms with Crippen LogP contribution in [0.25, 0.3) is 10.8 Å². The van der Waals surface area contributed by atoms with E-state index < -0.39 is 0 Å². The Labute approximate surface area is 183 Å². The summed E-state index contributed by atoms with van der Waals surface area (Å²) in [7, 11) is 0. The van der Waals surface area contributed by atoms with Gasteiger partial charge in [0.2, 0.25) is 5.91 Å². The van der Waals surface area contributed by atoms with Crippen molar-refractivity contribution in [2.24, 2.45) is 0 Å². The second-order valence-electron chi connectivity index (χ2n) is 8.06. The number of carbonyl (C=O) groups excluding carboxylic acids is 2. The zero-order valence-electron chi connectivity index (χ0n) is 18.1. The Kier molecular flexibility index (Phi) is 6.21. The molecule has 1 aliphatic heterocycles. The second-order valence-corrected chi connectivity index (χ2v) is 8.06. The molecule has 3 aromatic rings. The van der Waals surface area contributed by atoms with Gasteiger partial charge >= 0.3 is 0 Å². The van der Waals surface area contributed by atoms with Crippen LogP contribution in [-0.2, 0) is 4.79 Å². The van der Waals surface area contributed by atoms with E-state index in [1.165, 1.54) is 5.69 Å². The molecular formula is C26H28N2O3. The van der Waals surface area contributed by atoms with Gasteiger partial charge in [0.1, 0.15) is 12.0 Å². The molecule has 0 aromatic heterocycles. The molecule has 1 aliphatic rings. The first kappa shape index (κ1) is 20.9. The summed E-state index contributed by atoms with van der Waals surface area (Å²) in [6.45, 7) is 7.42. The van der Waals surface area contributed by atoms with E-state index >= 15 is 0 Å². The van der Waals surface area contributed by atoms with Crippen molar-refractivity contribution < 1.29 is 14.3 Å². The van der Waals surface area contributed by atoms with Crippen LogP contribution in [0, 0.1) is 13.8 Å². The van der Waals surface area contributed by atoms with E-state index in [2.05, 4.69) is 17.0 Å². The van der Waals surface area contributed by atoms with Crippen LogP contribution >= 0.6 is 0 Å². The first-order valence-corrected chi connectivity index (χ1v) is 10.8. The number of aryl methyl sites for hydroxylation is 2. The fourth-order valence-corrected chi connectivity index (χ4v) is 4.46. The topological polar surface area (TPSA) is 49.9 Å². The second kappa shape index (κ2) is 9.21. The van der Waals surface area contributed by atoms with Gasteiger partial charge in [0.25, 0.3) is 0 Å². The number of anilines is 1. The van der Waals surface area contributed by atoms with Gasteiger partial charge in [-0.2, -0.15) is 0 Å². The molecule has 1 heterocycles. The largest absolute Gasteiger partial charge is 0.492 e. The Bertz CT molecular complexity index is 1070. The van der Waals surface area contributed by atoms with Gasteiger partial charge in [-0.15, -0.1) is 0 Å². The summed E-state index contributed by atoms with van der Waals surface area (Å²) in [4.78, 5) is 28.0. The van der Waals surface area contributed by atoms with E-state index in [0.29, 0.717) is 31.7 Å². The average Bonchev–Trinajstić information content (AvgIpc) is 2.79. The van der Waals surface area contributed by atoms with Gasteiger partial charge in [0.05, 0.1) is 13.0 Å². The van der Waals surface area contributed by atoms with E-state index in [-0.39, 0.29) is 5.91 Å². The summed E-state index contributed by atoms with van der Waals surface area (Å²) in [6.07, 6.45) is 1.26. The number of aldehydes is 1. The minimum Gasteiger partial charge on any atom is -0.492 e. The molecule has 1 saturated heterocycles. The number of piperazine rings is 1. The van der Waals surface area contributed by atoms with Gasteiger partial charge in [-0.05, 0) is 48.6 Å². The molecule has 0 unspecified atom stereocenters. The van der Waals surface area contributed by atoms with Crippen LogP contribution < -0.4 is 9.64 Å². The number of amides is 1. The highest BCUT2D eigenvalue weighted by atomic mass is 16.5. The van der Waals surface area contributed by atoms with E-state index in [1.807, 2.05) is 61.2 Å². The van der Waals surface area contributed by atoms with Gasteiger partial charge in [0.15, 0.2) is 0 Å². The van der Waals surface area contributed by atoms with Gasteiger partial charge in [-0.25, -0.2) is 0 Å². The molecule has 1 fully saturated rings. The molecule has 0 atom stereocenters. The first-order chi connectivity index (χ1) is 15.1. The third kappa shape index (κ3) is 4.55. The zero-order valence-corrected chi connectivity index (χ0v) is 18.1. The van der Waals surface area contributed by atoms with E-state index in [1.54, 1.807) is 0 Å². The number of rotatable bonds is 6. The van der Waals surface area contributed by atoms with Crippen molar-refractivity contribution in [1.82, 2.24) is 4.90 Å². The molecule has 0 radical (unpaired) electrons. The number of benzene rings is 3. The smallest absolute Gasteiger partial charge is 0.226 e. The molecule has 0 aliphatic carbocycles. The van der Waals surface area contributed by atoms with E-state index in [0.717, 1.165) is 47.0 Å². The SMILES string of the molecule is Cc1cc(C=O)cc(C)c1N1CCN(C(=O)CCOc2cccc3ccccc23)CC1. The van der Waals surface area contributed by atoms with Crippen LogP contribution in [0.3, 0.4) is 0 Å². The van der Waals surface area contributed by atoms with Crippen molar-refractivity contribution in [2.75, 3.05) is 37.7 Å². The van der Waals surface area contributed by atoms with Crippen molar-refractivity contribution in [3.8, 4) is 5.75 Å². The molecule has 0 bridgehead atoms. The molecule has 31 heavy (non-hydrogen) atoms. The molecule has 4 rings (SSSR count). The predicted octanol–water partition coefficient (Wildman–Crippen LogP) is 4.39. The maximum Gasteiger partial charge on any atom is 0.226 e. The molecule has 0 saturated carbocycles. The molecular weight excluding hydrogens is 388 g/mol. The third-order valence-electron chi connectivity index (χ3n) is 5.92. The summed E-state index contributed by atoms with van der Waals surface area (Å²) < 4.78 is 5.94. The van der Waals surface area contributed by atoms with Gasteiger partial charge in [0, 0.05) is 42.8 Å². The third-order valence-corrected chi connectivity index (χ3v) is 5.92. The monoisotopic (exact) mass is 416 g/mol. The number of hydrogen-bond donors (Lipinski definition) is 0. The van der Waals surface area contributed by atoms with Gasteiger partial charge < -0.3 is 14.5 Å². The molecule has 3 aromatic carbocycles. The molecule has 0 N–H and O–H groups in total. The van der Waals surface area contributed by atoms with Crippen LogP contribution in [0.1, 0.15) is 27.9 Å². The van der Waals surface area contributed by atoms with E-state index in [9.17, 15) is 9.59 Å². The lowest BCUT2D eigenvalue weighted by Crippen LogP contribution is -2.49. The van der Waals surface area contributed by atoms with Crippen LogP contribution in [0.2, 0.25) is 0 Å². The average molecular weight is 417 g/mol. The Balaban J connectivity index is 1.31. The lowest BCUT2D eigenvalue weighted by molar-refractivity contribution is -0.132. The molecule has 1 amide bonds. The van der Waals surface area contributed by atoms with Crippen molar-refractivity contribution >= 4 is 28.7 Å². The molecule has 160 valence electrons. The minimum absolute atomic E-state index is 0.129. The Morgan fingerprint density at radius 1 is 0.968 bits per heavy atom. The van der Waals surface area contributed by atoms with Gasteiger partial charge in [-0.3, -0.25) is 9.59 Å². The maximum absolute atomic E-state index is 12.7. The lowest BCUT2D eigenvalue weighted by Gasteiger charge is -2.37. The minimum atomic E-state index is 0.129. The summed E-state index contributed by atoms with van der Waals surface area (Å²) in [6, 6.07) is 17.9. The van der Waals surface area contributed by atoms with Crippen LogP contribution in [0.4, 0.5) is 5.69 Å². The Morgan fingerprint density at radius 3 is 2.35 bits per heavy atom. The van der Waals surface area contributed by atoms with Crippen molar-refractivity contribution in [3.05, 3.63) is 71.3 Å². The molecule has 5 heteroatoms. The number of ether oxygens (including phenoxy) is 1. The normalized spacial score (nSPS) is 14.0. The van der Waals surface area contributed by atoms with Crippen molar-refractivity contribution in [3.63, 3.8) is 0 Å². The molecule has 0 spiro atoms. The van der Waals surface area contributed by atoms with Crippen molar-refractivity contribution in [2.45, 2.75) is 20.3 Å². The summed E-state index contributed by atoms with van der Waals surface area (Å²) >= 11 is 0. The Morgan fingerprint density at radius 2 is 1.65 bits per heavy atom. The fraction of sp³-hybridized carbons (Fsp3) is 0.308. The van der Waals surface area contributed by atoms with Gasteiger partial charge in [-0.1, -0.05) is 36.4 Å². The number of fused-ring (bicyclic) bond motifs is 1. The Hall–Kier alpha value is -3.34. The van der Waals surface area contributed by atoms with Crippen molar-refractivity contribution in [1.29, 1.82) is 0 Å². The first-order valence-electron chi connectivity index (χ1n) is 10.8. The molecule has 5 nitrogen and oxygen atoms in total. The number of carbonyl (C=O) groups is 2.